The summed E-state index contributed by atoms with van der Waals surface area (Å²) in [7, 11) is 6.70. The van der Waals surface area contributed by atoms with Gasteiger partial charge >= 0.3 is 12.1 Å². The number of alkyl carbamates (subject to hydrolysis) is 1. The Hall–Kier alpha value is -2.65. The number of carbonyl (C=O) groups excluding carboxylic acids is 4. The van der Waals surface area contributed by atoms with Gasteiger partial charge in [-0.15, -0.1) is 0 Å². The van der Waals surface area contributed by atoms with Crippen LogP contribution >= 0.6 is 0 Å². The molecule has 4 N–H and O–H groups in total. The van der Waals surface area contributed by atoms with Crippen molar-refractivity contribution < 1.29 is 72.4 Å². The lowest BCUT2D eigenvalue weighted by molar-refractivity contribution is -0.319. The van der Waals surface area contributed by atoms with Gasteiger partial charge in [0, 0.05) is 63.6 Å². The SMILES string of the molecule is CCC=NC(=O)CCCNC(=O)O[C@H]1[C@H](C)O[C@@H](O[C@H]2[C@H](C)[C@@H](O[C@@H]3O[C@H](C)C[C@H](N(C)C)[C@H]3O)[C@](C)(OC)C[C@@H](C)C(=O)[C@H](C)[C@@H](O)[C@](C)(O)[C@@H](CC)OC(=O)[C@@H]2C)C[C@@]1(C)OC. The molecule has 18 heteroatoms. The Labute approximate surface area is 380 Å². The summed E-state index contributed by atoms with van der Waals surface area (Å²) in [6, 6.07) is -0.325. The van der Waals surface area contributed by atoms with Crippen LogP contribution in [0.1, 0.15) is 121 Å². The van der Waals surface area contributed by atoms with Gasteiger partial charge in [0.05, 0.1) is 42.0 Å². The molecule has 0 saturated carbocycles. The molecule has 0 aromatic rings. The van der Waals surface area contributed by atoms with Gasteiger partial charge in [0.1, 0.15) is 29.2 Å². The number of esters is 1. The predicted octanol–water partition coefficient (Wildman–Crippen LogP) is 3.96. The summed E-state index contributed by atoms with van der Waals surface area (Å²) in [6.45, 7) is 19.0. The largest absolute Gasteiger partial charge is 0.459 e. The number of aliphatic imine (C=N–C) groups is 1. The average molecular weight is 916 g/mol. The van der Waals surface area contributed by atoms with E-state index in [1.165, 1.54) is 28.1 Å². The van der Waals surface area contributed by atoms with Crippen molar-refractivity contribution in [2.75, 3.05) is 34.9 Å². The number of aliphatic hydroxyl groups excluding tert-OH is 2. The summed E-state index contributed by atoms with van der Waals surface area (Å²) in [4.78, 5) is 59.3. The zero-order valence-electron chi connectivity index (χ0n) is 41.0. The molecular formula is C46H81N3O15. The highest BCUT2D eigenvalue weighted by molar-refractivity contribution is 5.85. The minimum Gasteiger partial charge on any atom is -0.459 e. The molecule has 3 heterocycles. The van der Waals surface area contributed by atoms with Crippen LogP contribution in [-0.2, 0) is 52.3 Å². The Morgan fingerprint density at radius 2 is 1.55 bits per heavy atom. The molecule has 0 aliphatic carbocycles. The maximum atomic E-state index is 14.4. The Morgan fingerprint density at radius 3 is 2.12 bits per heavy atom. The van der Waals surface area contributed by atoms with E-state index in [-0.39, 0.29) is 56.1 Å². The molecule has 3 rings (SSSR count). The molecule has 0 aromatic heterocycles. The first-order valence-corrected chi connectivity index (χ1v) is 23.0. The van der Waals surface area contributed by atoms with Gasteiger partial charge < -0.3 is 63.4 Å². The second-order valence-corrected chi connectivity index (χ2v) is 19.2. The van der Waals surface area contributed by atoms with Gasteiger partial charge in [-0.05, 0) is 87.7 Å². The van der Waals surface area contributed by atoms with E-state index in [1.54, 1.807) is 47.8 Å². The molecule has 0 radical (unpaired) electrons. The van der Waals surface area contributed by atoms with Crippen molar-refractivity contribution in [3.8, 4) is 0 Å². The monoisotopic (exact) mass is 916 g/mol. The third kappa shape index (κ3) is 13.5. The number of ether oxygens (including phenoxy) is 8. The number of amides is 2. The van der Waals surface area contributed by atoms with Crippen LogP contribution in [0.25, 0.3) is 0 Å². The maximum absolute atomic E-state index is 14.4. The number of cyclic esters (lactones) is 1. The average Bonchev–Trinajstić information content (AvgIpc) is 3.24. The smallest absolute Gasteiger partial charge is 0.407 e. The van der Waals surface area contributed by atoms with Crippen LogP contribution in [0.15, 0.2) is 4.99 Å². The topological polar surface area (TPSA) is 230 Å². The van der Waals surface area contributed by atoms with E-state index in [0.717, 1.165) is 0 Å². The van der Waals surface area contributed by atoms with Crippen molar-refractivity contribution in [1.29, 1.82) is 0 Å². The molecule has 18 nitrogen and oxygen atoms in total. The molecule has 18 atom stereocenters. The van der Waals surface area contributed by atoms with Crippen molar-refractivity contribution in [2.45, 2.75) is 205 Å². The minimum absolute atomic E-state index is 0.0299. The van der Waals surface area contributed by atoms with E-state index >= 15 is 0 Å². The molecule has 3 saturated heterocycles. The van der Waals surface area contributed by atoms with Crippen LogP contribution in [0.3, 0.4) is 0 Å². The van der Waals surface area contributed by atoms with E-state index in [4.69, 9.17) is 37.9 Å². The summed E-state index contributed by atoms with van der Waals surface area (Å²) in [6.07, 6.45) is -7.54. The van der Waals surface area contributed by atoms with E-state index in [1.807, 2.05) is 39.8 Å². The number of nitrogens with one attached hydrogen (secondary N) is 1. The summed E-state index contributed by atoms with van der Waals surface area (Å²) in [5, 5.41) is 37.7. The van der Waals surface area contributed by atoms with Crippen LogP contribution in [0.5, 0.6) is 0 Å². The highest BCUT2D eigenvalue weighted by Gasteiger charge is 2.55. The number of ketones is 1. The van der Waals surface area contributed by atoms with Crippen LogP contribution in [-0.4, -0.2) is 169 Å². The number of rotatable bonds is 14. The van der Waals surface area contributed by atoms with Crippen molar-refractivity contribution in [2.24, 2.45) is 28.7 Å². The second kappa shape index (κ2) is 23.9. The minimum atomic E-state index is -2.01. The Balaban J connectivity index is 2.08. The normalized spacial score (nSPS) is 42.0. The molecule has 2 amide bonds. The van der Waals surface area contributed by atoms with Gasteiger partial charge in [0.2, 0.25) is 5.91 Å². The van der Waals surface area contributed by atoms with E-state index < -0.39 is 108 Å². The number of carbonyl (C=O) groups is 4. The number of hydrogen-bond acceptors (Lipinski definition) is 16. The quantitative estimate of drug-likeness (QED) is 0.110. The predicted molar refractivity (Wildman–Crippen MR) is 236 cm³/mol. The third-order valence-corrected chi connectivity index (χ3v) is 13.7. The first-order chi connectivity index (χ1) is 29.8. The van der Waals surface area contributed by atoms with E-state index in [2.05, 4.69) is 10.3 Å². The first-order valence-electron chi connectivity index (χ1n) is 23.0. The molecule has 3 aliphatic rings. The zero-order chi connectivity index (χ0) is 48.5. The lowest BCUT2D eigenvalue weighted by Crippen LogP contribution is -2.62. The fourth-order valence-corrected chi connectivity index (χ4v) is 9.64. The Bertz CT molecular complexity index is 1570. The van der Waals surface area contributed by atoms with Gasteiger partial charge in [0.25, 0.3) is 0 Å². The van der Waals surface area contributed by atoms with Gasteiger partial charge in [-0.2, -0.15) is 0 Å². The summed E-state index contributed by atoms with van der Waals surface area (Å²) in [5.41, 5.74) is -4.49. The molecule has 0 aromatic carbocycles. The molecule has 3 fully saturated rings. The fraction of sp³-hybridized carbons (Fsp3) is 0.891. The standard InChI is InChI=1S/C46H81N3O15/c1-16-20-47-33(50)19-18-21-48-43(55)64-40-30(8)60-34(24-45(40,10)58-15)62-37-28(6)39(63-42-36(52)31(49(12)13)22-26(4)59-42)44(9,57-14)23-25(3)35(51)27(5)38(53)46(11,56)32(17-2)61-41(54)29(37)7/h20,25-32,34,36-40,42,52-53,56H,16-19,21-24H2,1-15H3,(H,48,55)/t25-,26-,27+,28+,29-,30+,31+,32-,34+,36-,37+,38-,39-,40+,42+,44-,45-,46-/m1/s1. The van der Waals surface area contributed by atoms with Crippen molar-refractivity contribution in [1.82, 2.24) is 10.2 Å². The van der Waals surface area contributed by atoms with Gasteiger partial charge in [-0.25, -0.2) is 9.79 Å². The fourth-order valence-electron chi connectivity index (χ4n) is 9.64. The third-order valence-electron chi connectivity index (χ3n) is 13.7. The molecule has 0 unspecified atom stereocenters. The summed E-state index contributed by atoms with van der Waals surface area (Å²) < 4.78 is 50.7. The van der Waals surface area contributed by atoms with Crippen LogP contribution in [0.4, 0.5) is 4.79 Å². The summed E-state index contributed by atoms with van der Waals surface area (Å²) >= 11 is 0. The van der Waals surface area contributed by atoms with Crippen molar-refractivity contribution >= 4 is 30.0 Å². The molecule has 370 valence electrons. The van der Waals surface area contributed by atoms with Crippen molar-refractivity contribution in [3.05, 3.63) is 0 Å². The molecule has 0 spiro atoms. The molecular weight excluding hydrogens is 835 g/mol. The maximum Gasteiger partial charge on any atom is 0.407 e. The van der Waals surface area contributed by atoms with Crippen molar-refractivity contribution in [3.63, 3.8) is 0 Å². The lowest BCUT2D eigenvalue weighted by Gasteiger charge is -2.50. The van der Waals surface area contributed by atoms with Gasteiger partial charge in [-0.1, -0.05) is 34.6 Å². The highest BCUT2D eigenvalue weighted by Crippen LogP contribution is 2.42. The first kappa shape index (κ1) is 55.7. The molecule has 3 aliphatic heterocycles. The van der Waals surface area contributed by atoms with Crippen LogP contribution < -0.4 is 5.32 Å². The number of hydrogen-bond donors (Lipinski definition) is 4. The van der Waals surface area contributed by atoms with E-state index in [0.29, 0.717) is 19.3 Å². The number of methoxy groups -OCH3 is 2. The second-order valence-electron chi connectivity index (χ2n) is 19.2. The lowest BCUT2D eigenvalue weighted by atomic mass is 9.74. The van der Waals surface area contributed by atoms with Gasteiger partial charge in [-0.3, -0.25) is 14.4 Å². The number of nitrogens with zero attached hydrogens (tertiary/aromatic N) is 2. The van der Waals surface area contributed by atoms with Gasteiger partial charge in [0.15, 0.2) is 18.7 Å². The Kier molecular flexibility index (Phi) is 20.8. The number of likely N-dealkylation sites (N-methyl/N-ethyl adjacent to an activating group) is 1. The molecule has 0 bridgehead atoms. The number of aliphatic hydroxyl groups is 3. The van der Waals surface area contributed by atoms with E-state index in [9.17, 15) is 34.5 Å². The van der Waals surface area contributed by atoms with Crippen LogP contribution in [0.2, 0.25) is 0 Å². The molecule has 64 heavy (non-hydrogen) atoms. The Morgan fingerprint density at radius 1 is 0.922 bits per heavy atom. The number of Topliss-reactive ketones (excluding diaryl/α,β-unsaturated/α-hetero) is 1. The summed E-state index contributed by atoms with van der Waals surface area (Å²) in [5.74, 6) is -5.06. The highest BCUT2D eigenvalue weighted by atomic mass is 16.7. The van der Waals surface area contributed by atoms with Crippen LogP contribution in [0, 0.1) is 23.7 Å². The zero-order valence-corrected chi connectivity index (χ0v) is 41.0.